The number of halogens is 2. The lowest BCUT2D eigenvalue weighted by Gasteiger charge is -2.38. The molecule has 212 valence electrons. The number of hydrogen-bond acceptors (Lipinski definition) is 7. The van der Waals surface area contributed by atoms with Crippen molar-refractivity contribution < 1.29 is 19.3 Å². The van der Waals surface area contributed by atoms with E-state index in [4.69, 9.17) is 37.4 Å². The molecule has 2 atom stereocenters. The Balaban J connectivity index is 1.34. The Bertz CT molecular complexity index is 1620. The molecular weight excluding hydrogens is 565 g/mol. The van der Waals surface area contributed by atoms with Gasteiger partial charge in [-0.15, -0.1) is 0 Å². The van der Waals surface area contributed by atoms with Gasteiger partial charge in [-0.1, -0.05) is 29.3 Å². The number of aliphatic hydroxyl groups excluding tert-OH is 1. The summed E-state index contributed by atoms with van der Waals surface area (Å²) in [5, 5.41) is 17.9. The number of ether oxygens (including phenoxy) is 3. The fourth-order valence-corrected chi connectivity index (χ4v) is 5.61. The van der Waals surface area contributed by atoms with Crippen LogP contribution in [0.25, 0.3) is 10.9 Å². The van der Waals surface area contributed by atoms with Crippen molar-refractivity contribution in [1.82, 2.24) is 24.6 Å². The number of methoxy groups -OCH3 is 1. The summed E-state index contributed by atoms with van der Waals surface area (Å²) in [5.41, 5.74) is 4.02. The zero-order valence-corrected chi connectivity index (χ0v) is 23.8. The van der Waals surface area contributed by atoms with Crippen LogP contribution in [-0.4, -0.2) is 56.4 Å². The monoisotopic (exact) mass is 593 g/mol. The van der Waals surface area contributed by atoms with Crippen molar-refractivity contribution in [3.8, 4) is 17.2 Å². The lowest BCUT2D eigenvalue weighted by Crippen LogP contribution is -2.46. The molecule has 0 saturated carbocycles. The summed E-state index contributed by atoms with van der Waals surface area (Å²) in [4.78, 5) is 9.49. The van der Waals surface area contributed by atoms with Crippen molar-refractivity contribution in [3.63, 3.8) is 0 Å². The quantitative estimate of drug-likeness (QED) is 0.155. The summed E-state index contributed by atoms with van der Waals surface area (Å²) >= 11 is 12.4. The number of aliphatic hydroxyl groups is 1. The van der Waals surface area contributed by atoms with Crippen molar-refractivity contribution >= 4 is 34.1 Å². The molecule has 0 fully saturated rings. The van der Waals surface area contributed by atoms with Crippen LogP contribution in [0.4, 0.5) is 0 Å². The van der Waals surface area contributed by atoms with Crippen LogP contribution >= 0.6 is 23.2 Å². The lowest BCUT2D eigenvalue weighted by atomic mass is 9.92. The van der Waals surface area contributed by atoms with Crippen LogP contribution in [-0.2, 0) is 13.0 Å². The van der Waals surface area contributed by atoms with Crippen LogP contribution in [0.2, 0.25) is 10.0 Å². The van der Waals surface area contributed by atoms with E-state index in [0.29, 0.717) is 53.4 Å². The van der Waals surface area contributed by atoms with Crippen LogP contribution in [0.3, 0.4) is 0 Å². The van der Waals surface area contributed by atoms with E-state index < -0.39 is 6.41 Å². The van der Waals surface area contributed by atoms with Gasteiger partial charge < -0.3 is 24.3 Å². The maximum absolute atomic E-state index is 11.4. The van der Waals surface area contributed by atoms with Gasteiger partial charge in [0, 0.05) is 46.2 Å². The molecule has 11 heteroatoms. The van der Waals surface area contributed by atoms with Gasteiger partial charge in [0.2, 0.25) is 0 Å². The third-order valence-electron chi connectivity index (χ3n) is 7.22. The van der Waals surface area contributed by atoms with Gasteiger partial charge in [0.15, 0.2) is 11.5 Å². The minimum absolute atomic E-state index is 0.365. The van der Waals surface area contributed by atoms with Gasteiger partial charge in [-0.25, -0.2) is 9.88 Å². The van der Waals surface area contributed by atoms with Crippen molar-refractivity contribution in [2.24, 2.45) is 0 Å². The van der Waals surface area contributed by atoms with Crippen LogP contribution in [0, 0.1) is 0 Å². The predicted octanol–water partition coefficient (Wildman–Crippen LogP) is 5.85. The number of nitrogens with one attached hydrogen (secondary N) is 1. The van der Waals surface area contributed by atoms with Gasteiger partial charge in [-0.3, -0.25) is 4.68 Å². The Kier molecular flexibility index (Phi) is 8.02. The summed E-state index contributed by atoms with van der Waals surface area (Å²) in [5.74, 6) is 1.75. The number of fused-ring (bicyclic) bond motifs is 3. The molecule has 0 bridgehead atoms. The zero-order valence-electron chi connectivity index (χ0n) is 22.3. The third-order valence-corrected chi connectivity index (χ3v) is 7.71. The molecule has 1 aliphatic rings. The minimum atomic E-state index is -1.22. The molecule has 0 spiro atoms. The number of aryl methyl sites for hydroxylation is 1. The molecule has 5 aromatic rings. The highest BCUT2D eigenvalue weighted by Gasteiger charge is 2.36. The van der Waals surface area contributed by atoms with Crippen molar-refractivity contribution in [1.29, 1.82) is 0 Å². The van der Waals surface area contributed by atoms with Crippen LogP contribution in [0.5, 0.6) is 17.2 Å². The number of aromatic nitrogens is 4. The normalized spacial score (nSPS) is 16.0. The first-order chi connectivity index (χ1) is 20.0. The summed E-state index contributed by atoms with van der Waals surface area (Å²) in [6.45, 7) is 1.70. The van der Waals surface area contributed by atoms with E-state index in [1.165, 1.54) is 6.33 Å². The fourth-order valence-electron chi connectivity index (χ4n) is 5.31. The molecule has 2 aromatic heterocycles. The molecule has 3 aromatic carbocycles. The number of hydrogen-bond donors (Lipinski definition) is 2. The number of benzene rings is 3. The molecule has 41 heavy (non-hydrogen) atoms. The van der Waals surface area contributed by atoms with Crippen molar-refractivity contribution in [3.05, 3.63) is 100 Å². The topological polar surface area (TPSA) is 97.7 Å². The van der Waals surface area contributed by atoms with E-state index in [1.807, 2.05) is 41.3 Å². The highest BCUT2D eigenvalue weighted by atomic mass is 35.5. The first kappa shape index (κ1) is 27.4. The smallest absolute Gasteiger partial charge is 0.260 e. The third kappa shape index (κ3) is 5.85. The van der Waals surface area contributed by atoms with Gasteiger partial charge in [0.1, 0.15) is 18.4 Å². The predicted molar refractivity (Wildman–Crippen MR) is 157 cm³/mol. The van der Waals surface area contributed by atoms with E-state index in [2.05, 4.69) is 15.1 Å². The van der Waals surface area contributed by atoms with E-state index in [9.17, 15) is 5.11 Å². The highest BCUT2D eigenvalue weighted by molar-refractivity contribution is 6.31. The molecule has 0 radical (unpaired) electrons. The summed E-state index contributed by atoms with van der Waals surface area (Å²) in [6.07, 6.45) is 3.42. The molecule has 0 amide bonds. The van der Waals surface area contributed by atoms with Gasteiger partial charge >= 0.3 is 0 Å². The summed E-state index contributed by atoms with van der Waals surface area (Å²) in [7, 11) is 1.62. The largest absolute Gasteiger partial charge is 0.493 e. The molecule has 1 aliphatic heterocycles. The maximum atomic E-state index is 11.4. The first-order valence-electron chi connectivity index (χ1n) is 13.3. The second-order valence-electron chi connectivity index (χ2n) is 9.77. The molecule has 6 rings (SSSR count). The maximum Gasteiger partial charge on any atom is 0.260 e. The molecule has 9 nitrogen and oxygen atoms in total. The molecule has 0 saturated heterocycles. The lowest BCUT2D eigenvalue weighted by molar-refractivity contribution is -0.150. The van der Waals surface area contributed by atoms with Crippen molar-refractivity contribution in [2.75, 3.05) is 20.3 Å². The Morgan fingerprint density at radius 2 is 1.88 bits per heavy atom. The van der Waals surface area contributed by atoms with Crippen molar-refractivity contribution in [2.45, 2.75) is 31.8 Å². The van der Waals surface area contributed by atoms with Gasteiger partial charge in [0.25, 0.3) is 6.41 Å². The van der Waals surface area contributed by atoms with Crippen LogP contribution < -0.4 is 14.2 Å². The van der Waals surface area contributed by atoms with E-state index >= 15 is 0 Å². The number of nitrogens with zero attached hydrogens (tertiary/aromatic N) is 4. The molecule has 3 heterocycles. The Morgan fingerprint density at radius 3 is 2.66 bits per heavy atom. The Morgan fingerprint density at radius 1 is 1.05 bits per heavy atom. The Labute approximate surface area is 247 Å². The molecule has 2 N–H and O–H groups in total. The average molecular weight is 594 g/mol. The van der Waals surface area contributed by atoms with Gasteiger partial charge in [-0.05, 0) is 72.1 Å². The second kappa shape index (κ2) is 12.0. The molecule has 0 aliphatic carbocycles. The van der Waals surface area contributed by atoms with Crippen LogP contribution in [0.1, 0.15) is 29.3 Å². The summed E-state index contributed by atoms with van der Waals surface area (Å²) < 4.78 is 19.5. The van der Waals surface area contributed by atoms with E-state index in [0.717, 1.165) is 34.1 Å². The molecule has 2 unspecified atom stereocenters. The highest BCUT2D eigenvalue weighted by Crippen LogP contribution is 2.42. The minimum Gasteiger partial charge on any atom is -0.493 e. The standard InChI is InChI=1S/C30H29Cl2N5O4/c1-39-26-10-3-19(15-27(26)40-14-2-12-36-18-33-17-34-36)29-28-23(24-16-21(32)6-9-25(24)35-28)11-13-37(29)30(38)41-22-7-4-20(31)5-8-22/h3-10,15-18,29-30,35,38H,2,11-14H2,1H3. The summed E-state index contributed by atoms with van der Waals surface area (Å²) in [6, 6.07) is 18.2. The van der Waals surface area contributed by atoms with E-state index in [-0.39, 0.29) is 6.04 Å². The van der Waals surface area contributed by atoms with Gasteiger partial charge in [0.05, 0.1) is 19.8 Å². The van der Waals surface area contributed by atoms with Crippen LogP contribution in [0.15, 0.2) is 73.3 Å². The fraction of sp³-hybridized carbons (Fsp3) is 0.267. The zero-order chi connectivity index (χ0) is 28.3. The average Bonchev–Trinajstić information content (AvgIpc) is 3.63. The van der Waals surface area contributed by atoms with Gasteiger partial charge in [-0.2, -0.15) is 5.10 Å². The second-order valence-corrected chi connectivity index (χ2v) is 10.6. The SMILES string of the molecule is COc1ccc(C2c3[nH]c4ccc(Cl)cc4c3CCN2C(O)Oc2ccc(Cl)cc2)cc1OCCCn1cncn1. The molecular formula is C30H29Cl2N5O4. The first-order valence-corrected chi connectivity index (χ1v) is 14.0. The Hall–Kier alpha value is -3.76. The number of rotatable bonds is 10. The number of H-pyrrole nitrogens is 1. The number of aromatic amines is 1. The van der Waals surface area contributed by atoms with E-state index in [1.54, 1.807) is 42.4 Å².